The molecule has 0 aromatic rings. The zero-order valence-electron chi connectivity index (χ0n) is 12.2. The number of nitrogens with one attached hydrogen (secondary N) is 1. The van der Waals surface area contributed by atoms with Crippen molar-refractivity contribution in [2.75, 3.05) is 39.4 Å². The number of hydrogen-bond donors (Lipinski definition) is 1. The van der Waals surface area contributed by atoms with E-state index in [2.05, 4.69) is 10.2 Å². The maximum absolute atomic E-state index is 10.6. The third-order valence-corrected chi connectivity index (χ3v) is 2.13. The molecule has 0 aliphatic carbocycles. The van der Waals surface area contributed by atoms with Gasteiger partial charge in [-0.05, 0) is 13.0 Å². The van der Waals surface area contributed by atoms with E-state index in [9.17, 15) is 4.79 Å². The Kier molecular flexibility index (Phi) is 17.0. The number of nitrogens with zero attached hydrogens (tertiary/aromatic N) is 1. The molecule has 0 unspecified atom stereocenters. The number of carbonyl (C=O) groups excluding carboxylic acids is 1. The fourth-order valence-corrected chi connectivity index (χ4v) is 1.39. The Labute approximate surface area is 107 Å². The van der Waals surface area contributed by atoms with Gasteiger partial charge in [-0.3, -0.25) is 9.69 Å². The van der Waals surface area contributed by atoms with E-state index in [0.717, 1.165) is 45.8 Å². The summed E-state index contributed by atoms with van der Waals surface area (Å²) in [6, 6.07) is 0. The maximum atomic E-state index is 10.6. The Morgan fingerprint density at radius 1 is 1.18 bits per heavy atom. The second kappa shape index (κ2) is 15.4. The van der Waals surface area contributed by atoms with Crippen molar-refractivity contribution in [1.82, 2.24) is 10.2 Å². The largest absolute Gasteiger partial charge is 0.379 e. The van der Waals surface area contributed by atoms with Crippen LogP contribution in [-0.4, -0.2) is 50.2 Å². The predicted molar refractivity (Wildman–Crippen MR) is 73.3 cm³/mol. The summed E-state index contributed by atoms with van der Waals surface area (Å²) in [6.45, 7) is 15.1. The third kappa shape index (κ3) is 13.3. The molecule has 4 heteroatoms. The topological polar surface area (TPSA) is 41.6 Å². The quantitative estimate of drug-likeness (QED) is 0.770. The highest BCUT2D eigenvalue weighted by molar-refractivity contribution is 5.72. The highest BCUT2D eigenvalue weighted by Crippen LogP contribution is 1.96. The van der Waals surface area contributed by atoms with Crippen molar-refractivity contribution in [2.45, 2.75) is 41.0 Å². The number of carbonyl (C=O) groups is 1. The molecule has 1 fully saturated rings. The molecule has 1 aliphatic rings. The van der Waals surface area contributed by atoms with Crippen LogP contribution in [-0.2, 0) is 9.53 Å². The third-order valence-electron chi connectivity index (χ3n) is 2.13. The summed E-state index contributed by atoms with van der Waals surface area (Å²) in [4.78, 5) is 12.9. The van der Waals surface area contributed by atoms with Gasteiger partial charge in [0, 0.05) is 26.6 Å². The molecule has 0 radical (unpaired) electrons. The van der Waals surface area contributed by atoms with Gasteiger partial charge in [-0.2, -0.15) is 0 Å². The van der Waals surface area contributed by atoms with E-state index in [0.29, 0.717) is 0 Å². The van der Waals surface area contributed by atoms with Gasteiger partial charge in [0.05, 0.1) is 13.2 Å². The minimum absolute atomic E-state index is 0.0574. The van der Waals surface area contributed by atoms with E-state index in [4.69, 9.17) is 4.74 Å². The zero-order valence-corrected chi connectivity index (χ0v) is 12.2. The minimum Gasteiger partial charge on any atom is -0.379 e. The lowest BCUT2D eigenvalue weighted by atomic mass is 10.3. The summed E-state index contributed by atoms with van der Waals surface area (Å²) in [5.41, 5.74) is 0. The summed E-state index contributed by atoms with van der Waals surface area (Å²) in [7, 11) is 0. The van der Waals surface area contributed by atoms with Crippen LogP contribution in [0.15, 0.2) is 0 Å². The average molecular weight is 246 g/mol. The molecule has 104 valence electrons. The van der Waals surface area contributed by atoms with E-state index in [1.54, 1.807) is 6.92 Å². The van der Waals surface area contributed by atoms with E-state index in [1.807, 2.05) is 27.7 Å². The molecule has 0 bridgehead atoms. The van der Waals surface area contributed by atoms with E-state index in [-0.39, 0.29) is 5.91 Å². The van der Waals surface area contributed by atoms with Crippen LogP contribution in [0.4, 0.5) is 0 Å². The van der Waals surface area contributed by atoms with Gasteiger partial charge in [-0.25, -0.2) is 0 Å². The van der Waals surface area contributed by atoms with Crippen LogP contribution in [0.25, 0.3) is 0 Å². The van der Waals surface area contributed by atoms with Crippen molar-refractivity contribution in [3.63, 3.8) is 0 Å². The molecular weight excluding hydrogens is 216 g/mol. The Morgan fingerprint density at radius 3 is 2.18 bits per heavy atom. The van der Waals surface area contributed by atoms with Crippen molar-refractivity contribution in [3.05, 3.63) is 0 Å². The molecule has 0 saturated carbocycles. The first-order valence-corrected chi connectivity index (χ1v) is 6.83. The molecule has 0 aromatic carbocycles. The van der Waals surface area contributed by atoms with Crippen molar-refractivity contribution in [3.8, 4) is 0 Å². The Bertz CT molecular complexity index is 157. The summed E-state index contributed by atoms with van der Waals surface area (Å²) < 4.78 is 5.23. The highest BCUT2D eigenvalue weighted by Gasteiger charge is 2.08. The predicted octanol–water partition coefficient (Wildman–Crippen LogP) is 1.90. The SMILES string of the molecule is CC.CC.CC(=O)NCCCN1CCOCC1. The highest BCUT2D eigenvalue weighted by atomic mass is 16.5. The summed E-state index contributed by atoms with van der Waals surface area (Å²) in [5, 5.41) is 2.79. The van der Waals surface area contributed by atoms with E-state index in [1.165, 1.54) is 0 Å². The molecule has 1 heterocycles. The molecule has 0 atom stereocenters. The second-order valence-corrected chi connectivity index (χ2v) is 3.29. The lowest BCUT2D eigenvalue weighted by Gasteiger charge is -2.26. The van der Waals surface area contributed by atoms with Gasteiger partial charge in [0.15, 0.2) is 0 Å². The monoisotopic (exact) mass is 246 g/mol. The summed E-state index contributed by atoms with van der Waals surface area (Å²) >= 11 is 0. The normalized spacial score (nSPS) is 14.9. The van der Waals surface area contributed by atoms with Crippen LogP contribution in [0.3, 0.4) is 0 Å². The average Bonchev–Trinajstić information content (AvgIpc) is 2.40. The van der Waals surface area contributed by atoms with Crippen molar-refractivity contribution in [2.24, 2.45) is 0 Å². The van der Waals surface area contributed by atoms with Gasteiger partial charge in [0.1, 0.15) is 0 Å². The zero-order chi connectivity index (χ0) is 13.5. The fraction of sp³-hybridized carbons (Fsp3) is 0.923. The fourth-order valence-electron chi connectivity index (χ4n) is 1.39. The van der Waals surface area contributed by atoms with Crippen LogP contribution in [0.1, 0.15) is 41.0 Å². The summed E-state index contributed by atoms with van der Waals surface area (Å²) in [6.07, 6.45) is 1.03. The second-order valence-electron chi connectivity index (χ2n) is 3.29. The van der Waals surface area contributed by atoms with Crippen molar-refractivity contribution in [1.29, 1.82) is 0 Å². The Hall–Kier alpha value is -0.610. The van der Waals surface area contributed by atoms with Crippen LogP contribution in [0, 0.1) is 0 Å². The van der Waals surface area contributed by atoms with Gasteiger partial charge in [0.25, 0.3) is 0 Å². The first-order valence-electron chi connectivity index (χ1n) is 6.83. The number of amides is 1. The number of ether oxygens (including phenoxy) is 1. The number of rotatable bonds is 4. The smallest absolute Gasteiger partial charge is 0.216 e. The molecule has 0 aromatic heterocycles. The first-order chi connectivity index (χ1) is 8.29. The van der Waals surface area contributed by atoms with Crippen molar-refractivity contribution < 1.29 is 9.53 Å². The molecule has 1 saturated heterocycles. The van der Waals surface area contributed by atoms with Gasteiger partial charge in [0.2, 0.25) is 5.91 Å². The molecule has 1 amide bonds. The molecule has 1 aliphatic heterocycles. The standard InChI is InChI=1S/C9H18N2O2.2C2H6/c1-9(12)10-3-2-4-11-5-7-13-8-6-11;2*1-2/h2-8H2,1H3,(H,10,12);2*1-2H3. The first kappa shape index (κ1) is 18.7. The lowest BCUT2D eigenvalue weighted by molar-refractivity contribution is -0.118. The molecule has 0 spiro atoms. The number of morpholine rings is 1. The summed E-state index contributed by atoms with van der Waals surface area (Å²) in [5.74, 6) is 0.0574. The minimum atomic E-state index is 0.0574. The van der Waals surface area contributed by atoms with Gasteiger partial charge in [-0.15, -0.1) is 0 Å². The number of hydrogen-bond acceptors (Lipinski definition) is 3. The Morgan fingerprint density at radius 2 is 1.71 bits per heavy atom. The van der Waals surface area contributed by atoms with E-state index < -0.39 is 0 Å². The lowest BCUT2D eigenvalue weighted by Crippen LogP contribution is -2.38. The molecule has 4 nitrogen and oxygen atoms in total. The van der Waals surface area contributed by atoms with Gasteiger partial charge >= 0.3 is 0 Å². The van der Waals surface area contributed by atoms with Crippen LogP contribution < -0.4 is 5.32 Å². The molecular formula is C13H30N2O2. The Balaban J connectivity index is 0. The van der Waals surface area contributed by atoms with E-state index >= 15 is 0 Å². The van der Waals surface area contributed by atoms with Crippen LogP contribution in [0.5, 0.6) is 0 Å². The maximum Gasteiger partial charge on any atom is 0.216 e. The van der Waals surface area contributed by atoms with Gasteiger partial charge < -0.3 is 10.1 Å². The van der Waals surface area contributed by atoms with Crippen molar-refractivity contribution >= 4 is 5.91 Å². The molecule has 1 N–H and O–H groups in total. The van der Waals surface area contributed by atoms with Crippen LogP contribution in [0.2, 0.25) is 0 Å². The van der Waals surface area contributed by atoms with Crippen LogP contribution >= 0.6 is 0 Å². The molecule has 1 rings (SSSR count). The molecule has 17 heavy (non-hydrogen) atoms. The van der Waals surface area contributed by atoms with Gasteiger partial charge in [-0.1, -0.05) is 27.7 Å².